The minimum Gasteiger partial charge on any atom is -0.268 e. The maximum atomic E-state index is 11.3. The van der Waals surface area contributed by atoms with Crippen LogP contribution in [0, 0.1) is 0 Å². The fourth-order valence-corrected chi connectivity index (χ4v) is 1.15. The summed E-state index contributed by atoms with van der Waals surface area (Å²) in [5.74, 6) is 0. The van der Waals surface area contributed by atoms with Gasteiger partial charge in [0.2, 0.25) is 0 Å². The molecule has 14 heavy (non-hydrogen) atoms. The van der Waals surface area contributed by atoms with Crippen molar-refractivity contribution in [3.63, 3.8) is 0 Å². The third-order valence-electron chi connectivity index (χ3n) is 1.82. The zero-order valence-electron chi connectivity index (χ0n) is 7.50. The normalized spacial score (nSPS) is 10.0. The van der Waals surface area contributed by atoms with E-state index in [4.69, 9.17) is 0 Å². The van der Waals surface area contributed by atoms with Gasteiger partial charge >= 0.3 is 0 Å². The molecule has 0 saturated heterocycles. The summed E-state index contributed by atoms with van der Waals surface area (Å²) in [4.78, 5) is 15.4. The van der Waals surface area contributed by atoms with Crippen molar-refractivity contribution in [2.75, 3.05) is 0 Å². The van der Waals surface area contributed by atoms with Crippen molar-refractivity contribution >= 4 is 0 Å². The molecule has 2 rings (SSSR count). The Kier molecular flexibility index (Phi) is 2.36. The van der Waals surface area contributed by atoms with Crippen molar-refractivity contribution in [1.29, 1.82) is 0 Å². The van der Waals surface area contributed by atoms with Crippen LogP contribution in [0.1, 0.15) is 5.69 Å². The Morgan fingerprint density at radius 2 is 2.07 bits per heavy atom. The van der Waals surface area contributed by atoms with Gasteiger partial charge in [-0.05, 0) is 18.2 Å². The molecule has 2 aromatic heterocycles. The fourth-order valence-electron chi connectivity index (χ4n) is 1.15. The van der Waals surface area contributed by atoms with Gasteiger partial charge in [0.05, 0.1) is 12.2 Å². The molecule has 0 unspecified atom stereocenters. The Morgan fingerprint density at radius 3 is 2.79 bits per heavy atom. The molecular weight excluding hydrogens is 178 g/mol. The number of nitrogens with zero attached hydrogens (tertiary/aromatic N) is 3. The predicted molar refractivity (Wildman–Crippen MR) is 51.8 cm³/mol. The highest BCUT2D eigenvalue weighted by atomic mass is 16.1. The van der Waals surface area contributed by atoms with Crippen LogP contribution in [0.5, 0.6) is 0 Å². The molecule has 0 aliphatic heterocycles. The first kappa shape index (κ1) is 8.62. The van der Waals surface area contributed by atoms with E-state index >= 15 is 0 Å². The van der Waals surface area contributed by atoms with Crippen molar-refractivity contribution in [2.45, 2.75) is 6.54 Å². The van der Waals surface area contributed by atoms with Crippen LogP contribution in [-0.4, -0.2) is 14.8 Å². The summed E-state index contributed by atoms with van der Waals surface area (Å²) >= 11 is 0. The molecule has 4 nitrogen and oxygen atoms in total. The number of pyridine rings is 1. The van der Waals surface area contributed by atoms with Crippen LogP contribution < -0.4 is 5.56 Å². The lowest BCUT2D eigenvalue weighted by Gasteiger charge is -2.01. The van der Waals surface area contributed by atoms with Crippen LogP contribution in [0.2, 0.25) is 0 Å². The van der Waals surface area contributed by atoms with Gasteiger partial charge in [-0.3, -0.25) is 9.78 Å². The first-order chi connectivity index (χ1) is 6.86. The molecule has 0 atom stereocenters. The third kappa shape index (κ3) is 1.85. The molecule has 0 fully saturated rings. The second kappa shape index (κ2) is 3.83. The zero-order valence-corrected chi connectivity index (χ0v) is 7.50. The Labute approximate surface area is 80.9 Å². The topological polar surface area (TPSA) is 47.8 Å². The van der Waals surface area contributed by atoms with Crippen LogP contribution >= 0.6 is 0 Å². The van der Waals surface area contributed by atoms with Crippen molar-refractivity contribution < 1.29 is 0 Å². The molecule has 0 aliphatic rings. The number of aromatic nitrogens is 3. The quantitative estimate of drug-likeness (QED) is 0.694. The van der Waals surface area contributed by atoms with Crippen LogP contribution in [0.3, 0.4) is 0 Å². The standard InChI is InChI=1S/C10H9N3O/c14-10-5-3-7-12-13(10)8-9-4-1-2-6-11-9/h1-7H,8H2. The van der Waals surface area contributed by atoms with Gasteiger partial charge in [0, 0.05) is 18.5 Å². The van der Waals surface area contributed by atoms with Gasteiger partial charge in [-0.2, -0.15) is 5.10 Å². The molecule has 0 N–H and O–H groups in total. The second-order valence-corrected chi connectivity index (χ2v) is 2.84. The summed E-state index contributed by atoms with van der Waals surface area (Å²) in [5, 5.41) is 3.94. The largest absolute Gasteiger partial charge is 0.268 e. The number of rotatable bonds is 2. The predicted octanol–water partition coefficient (Wildman–Crippen LogP) is 0.687. The first-order valence-electron chi connectivity index (χ1n) is 4.28. The molecule has 0 radical (unpaired) electrons. The van der Waals surface area contributed by atoms with Gasteiger partial charge in [0.15, 0.2) is 0 Å². The second-order valence-electron chi connectivity index (χ2n) is 2.84. The minimum atomic E-state index is -0.113. The van der Waals surface area contributed by atoms with Gasteiger partial charge in [0.1, 0.15) is 0 Å². The molecule has 0 spiro atoms. The van der Waals surface area contributed by atoms with Crippen LogP contribution in [-0.2, 0) is 6.54 Å². The Bertz CT molecular complexity index is 464. The average molecular weight is 187 g/mol. The van der Waals surface area contributed by atoms with Gasteiger partial charge in [-0.1, -0.05) is 6.07 Å². The van der Waals surface area contributed by atoms with Crippen molar-refractivity contribution in [1.82, 2.24) is 14.8 Å². The molecule has 2 aromatic rings. The van der Waals surface area contributed by atoms with Crippen molar-refractivity contribution in [3.05, 3.63) is 58.8 Å². The molecule has 0 bridgehead atoms. The van der Waals surface area contributed by atoms with Crippen LogP contribution in [0.4, 0.5) is 0 Å². The Hall–Kier alpha value is -1.97. The number of hydrogen-bond acceptors (Lipinski definition) is 3. The smallest absolute Gasteiger partial charge is 0.267 e. The molecular formula is C10H9N3O. The van der Waals surface area contributed by atoms with E-state index in [0.717, 1.165) is 5.69 Å². The molecule has 70 valence electrons. The molecule has 4 heteroatoms. The van der Waals surface area contributed by atoms with Gasteiger partial charge in [0.25, 0.3) is 5.56 Å². The minimum absolute atomic E-state index is 0.113. The lowest BCUT2D eigenvalue weighted by molar-refractivity contribution is 0.628. The molecule has 0 saturated carbocycles. The van der Waals surface area contributed by atoms with E-state index in [1.807, 2.05) is 18.2 Å². The van der Waals surface area contributed by atoms with E-state index in [-0.39, 0.29) is 5.56 Å². The van der Waals surface area contributed by atoms with Gasteiger partial charge in [-0.25, -0.2) is 4.68 Å². The van der Waals surface area contributed by atoms with E-state index in [1.54, 1.807) is 18.5 Å². The summed E-state index contributed by atoms with van der Waals surface area (Å²) in [6, 6.07) is 8.69. The Balaban J connectivity index is 2.28. The monoisotopic (exact) mass is 187 g/mol. The van der Waals surface area contributed by atoms with Crippen LogP contribution in [0.25, 0.3) is 0 Å². The van der Waals surface area contributed by atoms with Gasteiger partial charge < -0.3 is 0 Å². The molecule has 0 aromatic carbocycles. The van der Waals surface area contributed by atoms with E-state index in [2.05, 4.69) is 10.1 Å². The third-order valence-corrected chi connectivity index (χ3v) is 1.82. The molecule has 2 heterocycles. The van der Waals surface area contributed by atoms with Crippen molar-refractivity contribution in [3.8, 4) is 0 Å². The summed E-state index contributed by atoms with van der Waals surface area (Å²) < 4.78 is 1.38. The van der Waals surface area contributed by atoms with Crippen LogP contribution in [0.15, 0.2) is 47.5 Å². The summed E-state index contributed by atoms with van der Waals surface area (Å²) in [7, 11) is 0. The zero-order chi connectivity index (χ0) is 9.80. The lowest BCUT2D eigenvalue weighted by atomic mass is 10.3. The van der Waals surface area contributed by atoms with Gasteiger partial charge in [-0.15, -0.1) is 0 Å². The van der Waals surface area contributed by atoms with E-state index in [0.29, 0.717) is 6.54 Å². The van der Waals surface area contributed by atoms with E-state index in [1.165, 1.54) is 10.7 Å². The first-order valence-corrected chi connectivity index (χ1v) is 4.28. The lowest BCUT2D eigenvalue weighted by Crippen LogP contribution is -2.22. The SMILES string of the molecule is O=c1cccnn1Cc1ccccn1. The Morgan fingerprint density at radius 1 is 1.14 bits per heavy atom. The fraction of sp³-hybridized carbons (Fsp3) is 0.100. The summed E-state index contributed by atoms with van der Waals surface area (Å²) in [6.07, 6.45) is 3.29. The van der Waals surface area contributed by atoms with Crippen molar-refractivity contribution in [2.24, 2.45) is 0 Å². The highest BCUT2D eigenvalue weighted by Crippen LogP contribution is 1.93. The highest BCUT2D eigenvalue weighted by Gasteiger charge is 1.97. The highest BCUT2D eigenvalue weighted by molar-refractivity contribution is 5.03. The van der Waals surface area contributed by atoms with E-state index in [9.17, 15) is 4.79 Å². The number of hydrogen-bond donors (Lipinski definition) is 0. The maximum absolute atomic E-state index is 11.3. The molecule has 0 aliphatic carbocycles. The van der Waals surface area contributed by atoms with E-state index < -0.39 is 0 Å². The molecule has 0 amide bonds. The summed E-state index contributed by atoms with van der Waals surface area (Å²) in [6.45, 7) is 0.417. The maximum Gasteiger partial charge on any atom is 0.267 e. The summed E-state index contributed by atoms with van der Waals surface area (Å²) in [5.41, 5.74) is 0.714. The average Bonchev–Trinajstić information content (AvgIpc) is 2.23.